The van der Waals surface area contributed by atoms with Gasteiger partial charge in [-0.25, -0.2) is 8.78 Å². The molecule has 5 N–H and O–H groups in total. The molecule has 2 heterocycles. The fraction of sp³-hybridized carbons (Fsp3) is 0.226. The number of aromatic amines is 1. The fourth-order valence-electron chi connectivity index (χ4n) is 5.07. The predicted octanol–water partition coefficient (Wildman–Crippen LogP) is 6.83. The van der Waals surface area contributed by atoms with Crippen molar-refractivity contribution in [2.75, 3.05) is 5.32 Å². The van der Waals surface area contributed by atoms with E-state index in [1.807, 2.05) is 51.2 Å². The molecule has 0 amide bonds. The second kappa shape index (κ2) is 9.61. The SMILES string of the molecule is Cc1c[nH]c2c(-c3c(F)cc4c(c3F)C[C@@H](O)C(C)(C)N4)cccc12.NCc1cccc2ccccc12. The lowest BCUT2D eigenvalue weighted by Crippen LogP contribution is -2.48. The minimum atomic E-state index is -0.753. The Morgan fingerprint density at radius 1 is 1.00 bits per heavy atom. The highest BCUT2D eigenvalue weighted by Crippen LogP contribution is 2.40. The number of aliphatic hydroxyl groups excluding tert-OH is 1. The maximum atomic E-state index is 15.3. The molecule has 37 heavy (non-hydrogen) atoms. The molecule has 0 unspecified atom stereocenters. The van der Waals surface area contributed by atoms with Crippen molar-refractivity contribution in [1.29, 1.82) is 0 Å². The van der Waals surface area contributed by atoms with Gasteiger partial charge in [-0.1, -0.05) is 60.7 Å². The summed E-state index contributed by atoms with van der Waals surface area (Å²) in [4.78, 5) is 3.11. The number of H-pyrrole nitrogens is 1. The van der Waals surface area contributed by atoms with Gasteiger partial charge in [-0.3, -0.25) is 0 Å². The van der Waals surface area contributed by atoms with E-state index in [0.717, 1.165) is 10.9 Å². The second-order valence-electron chi connectivity index (χ2n) is 10.2. The van der Waals surface area contributed by atoms with Crippen LogP contribution in [-0.4, -0.2) is 21.7 Å². The van der Waals surface area contributed by atoms with Crippen molar-refractivity contribution in [1.82, 2.24) is 4.98 Å². The number of aromatic nitrogens is 1. The number of rotatable bonds is 2. The first-order valence-electron chi connectivity index (χ1n) is 12.4. The van der Waals surface area contributed by atoms with Crippen LogP contribution < -0.4 is 11.1 Å². The molecule has 6 heteroatoms. The van der Waals surface area contributed by atoms with E-state index in [0.29, 0.717) is 28.9 Å². The lowest BCUT2D eigenvalue weighted by Gasteiger charge is -2.38. The first-order valence-corrected chi connectivity index (χ1v) is 12.4. The topological polar surface area (TPSA) is 74.1 Å². The lowest BCUT2D eigenvalue weighted by atomic mass is 9.84. The van der Waals surface area contributed by atoms with E-state index in [2.05, 4.69) is 34.6 Å². The maximum absolute atomic E-state index is 15.3. The van der Waals surface area contributed by atoms with Crippen molar-refractivity contribution in [3.8, 4) is 11.1 Å². The molecule has 1 aliphatic heterocycles. The molecule has 1 atom stereocenters. The molecule has 0 saturated carbocycles. The first kappa shape index (κ1) is 24.9. The summed E-state index contributed by atoms with van der Waals surface area (Å²) in [5, 5.41) is 16.8. The quantitative estimate of drug-likeness (QED) is 0.215. The highest BCUT2D eigenvalue weighted by atomic mass is 19.1. The number of fused-ring (bicyclic) bond motifs is 3. The number of hydrogen-bond donors (Lipinski definition) is 4. The number of para-hydroxylation sites is 1. The summed E-state index contributed by atoms with van der Waals surface area (Å²) in [5.41, 5.74) is 9.09. The van der Waals surface area contributed by atoms with Crippen molar-refractivity contribution in [3.05, 3.63) is 101 Å². The summed E-state index contributed by atoms with van der Waals surface area (Å²) in [6, 6.07) is 21.3. The summed E-state index contributed by atoms with van der Waals surface area (Å²) in [5.74, 6) is -1.23. The molecule has 1 aliphatic rings. The number of aryl methyl sites for hydroxylation is 1. The zero-order valence-corrected chi connectivity index (χ0v) is 21.2. The van der Waals surface area contributed by atoms with E-state index >= 15 is 4.39 Å². The predicted molar refractivity (Wildman–Crippen MR) is 148 cm³/mol. The van der Waals surface area contributed by atoms with Crippen LogP contribution in [0, 0.1) is 18.6 Å². The molecular formula is C31H31F2N3O. The van der Waals surface area contributed by atoms with E-state index in [9.17, 15) is 9.50 Å². The first-order chi connectivity index (χ1) is 17.7. The number of nitrogens with two attached hydrogens (primary N) is 1. The molecule has 4 aromatic carbocycles. The monoisotopic (exact) mass is 499 g/mol. The van der Waals surface area contributed by atoms with Gasteiger partial charge in [-0.15, -0.1) is 0 Å². The van der Waals surface area contributed by atoms with Gasteiger partial charge >= 0.3 is 0 Å². The Morgan fingerprint density at radius 2 is 1.70 bits per heavy atom. The average molecular weight is 500 g/mol. The summed E-state index contributed by atoms with van der Waals surface area (Å²) in [6.07, 6.45) is 1.22. The van der Waals surface area contributed by atoms with E-state index in [4.69, 9.17) is 5.73 Å². The standard InChI is InChI=1S/C20H20F2N2O.C11H11N/c1-10-9-23-19-11(10)5-4-6-12(19)17-14(21)8-15-13(18(17)22)7-16(25)20(2,3)24-15;12-8-10-6-3-5-9-4-1-2-7-11(9)10/h4-6,8-9,16,23-25H,7H2,1-3H3;1-7H,8,12H2/t16-;/m1./s1. The van der Waals surface area contributed by atoms with Gasteiger partial charge in [0.05, 0.1) is 22.7 Å². The van der Waals surface area contributed by atoms with Crippen LogP contribution >= 0.6 is 0 Å². The number of halogens is 2. The Kier molecular flexibility index (Phi) is 6.48. The van der Waals surface area contributed by atoms with Gasteiger partial charge in [0.25, 0.3) is 0 Å². The van der Waals surface area contributed by atoms with Crippen LogP contribution in [0.1, 0.15) is 30.5 Å². The molecule has 1 aromatic heterocycles. The second-order valence-corrected chi connectivity index (χ2v) is 10.2. The molecule has 6 rings (SSSR count). The van der Waals surface area contributed by atoms with Crippen LogP contribution in [0.2, 0.25) is 0 Å². The smallest absolute Gasteiger partial charge is 0.139 e. The molecule has 190 valence electrons. The number of nitrogens with one attached hydrogen (secondary N) is 2. The number of anilines is 1. The van der Waals surface area contributed by atoms with Crippen LogP contribution in [0.5, 0.6) is 0 Å². The third-order valence-electron chi connectivity index (χ3n) is 7.30. The Bertz CT molecular complexity index is 1600. The zero-order valence-electron chi connectivity index (χ0n) is 21.2. The van der Waals surface area contributed by atoms with Crippen LogP contribution in [0.3, 0.4) is 0 Å². The number of hydrogen-bond acceptors (Lipinski definition) is 3. The van der Waals surface area contributed by atoms with Gasteiger partial charge in [0.2, 0.25) is 0 Å². The van der Waals surface area contributed by atoms with Crippen LogP contribution in [0.25, 0.3) is 32.8 Å². The summed E-state index contributed by atoms with van der Waals surface area (Å²) < 4.78 is 30.1. The van der Waals surface area contributed by atoms with E-state index < -0.39 is 23.3 Å². The van der Waals surface area contributed by atoms with Crippen molar-refractivity contribution >= 4 is 27.4 Å². The highest BCUT2D eigenvalue weighted by Gasteiger charge is 2.36. The van der Waals surface area contributed by atoms with E-state index in [1.165, 1.54) is 22.4 Å². The lowest BCUT2D eigenvalue weighted by molar-refractivity contribution is 0.109. The largest absolute Gasteiger partial charge is 0.390 e. The zero-order chi connectivity index (χ0) is 26.3. The van der Waals surface area contributed by atoms with Crippen LogP contribution in [0.4, 0.5) is 14.5 Å². The molecule has 0 fully saturated rings. The molecule has 0 saturated heterocycles. The molecule has 0 bridgehead atoms. The van der Waals surface area contributed by atoms with Gasteiger partial charge in [-0.2, -0.15) is 0 Å². The third-order valence-corrected chi connectivity index (χ3v) is 7.30. The van der Waals surface area contributed by atoms with Gasteiger partial charge in [0, 0.05) is 41.4 Å². The summed E-state index contributed by atoms with van der Waals surface area (Å²) >= 11 is 0. The van der Waals surface area contributed by atoms with Crippen molar-refractivity contribution in [3.63, 3.8) is 0 Å². The Balaban J connectivity index is 0.000000195. The summed E-state index contributed by atoms with van der Waals surface area (Å²) in [6.45, 7) is 6.19. The Labute approximate surface area is 215 Å². The highest BCUT2D eigenvalue weighted by molar-refractivity contribution is 5.96. The number of benzene rings is 4. The van der Waals surface area contributed by atoms with Gasteiger partial charge in [0.15, 0.2) is 0 Å². The van der Waals surface area contributed by atoms with Gasteiger partial charge in [0.1, 0.15) is 11.6 Å². The minimum absolute atomic E-state index is 0.0556. The fourth-order valence-corrected chi connectivity index (χ4v) is 5.07. The van der Waals surface area contributed by atoms with Crippen molar-refractivity contribution in [2.45, 2.75) is 45.4 Å². The Morgan fingerprint density at radius 3 is 2.49 bits per heavy atom. The molecule has 5 aromatic rings. The van der Waals surface area contributed by atoms with Gasteiger partial charge < -0.3 is 21.1 Å². The van der Waals surface area contributed by atoms with Crippen molar-refractivity contribution < 1.29 is 13.9 Å². The molecule has 0 spiro atoms. The molecule has 4 nitrogen and oxygen atoms in total. The third kappa shape index (κ3) is 4.47. The van der Waals surface area contributed by atoms with E-state index in [-0.39, 0.29) is 12.0 Å². The summed E-state index contributed by atoms with van der Waals surface area (Å²) in [7, 11) is 0. The molecule has 0 aliphatic carbocycles. The average Bonchev–Trinajstić information content (AvgIpc) is 3.27. The minimum Gasteiger partial charge on any atom is -0.390 e. The Hall–Kier alpha value is -3.74. The number of aliphatic hydroxyl groups is 1. The maximum Gasteiger partial charge on any atom is 0.139 e. The van der Waals surface area contributed by atoms with Gasteiger partial charge in [-0.05, 0) is 48.7 Å². The van der Waals surface area contributed by atoms with Crippen molar-refractivity contribution in [2.24, 2.45) is 5.73 Å². The normalized spacial score (nSPS) is 16.1. The van der Waals surface area contributed by atoms with E-state index in [1.54, 1.807) is 12.1 Å². The van der Waals surface area contributed by atoms with Crippen LogP contribution in [0.15, 0.2) is 72.9 Å². The molecule has 0 radical (unpaired) electrons. The van der Waals surface area contributed by atoms with Crippen LogP contribution in [-0.2, 0) is 13.0 Å². The molecular weight excluding hydrogens is 468 g/mol.